The minimum atomic E-state index is 0.621. The van der Waals surface area contributed by atoms with Gasteiger partial charge in [-0.25, -0.2) is 9.97 Å². The Morgan fingerprint density at radius 1 is 1.33 bits per heavy atom. The van der Waals surface area contributed by atoms with Gasteiger partial charge in [-0.05, 0) is 12.8 Å². The van der Waals surface area contributed by atoms with E-state index in [9.17, 15) is 0 Å². The average molecular weight is 198 g/mol. The normalized spacial score (nSPS) is 9.40. The fourth-order valence-electron chi connectivity index (χ4n) is 1.13. The molecule has 0 aromatic carbocycles. The predicted octanol–water partition coefficient (Wildman–Crippen LogP) is 1.03. The van der Waals surface area contributed by atoms with E-state index in [2.05, 4.69) is 26.8 Å². The van der Waals surface area contributed by atoms with Crippen molar-refractivity contribution in [2.75, 3.05) is 0 Å². The molecule has 0 N–H and O–H groups in total. The fraction of sp³-hybridized carbons (Fsp3) is 0.182. The number of aromatic nitrogens is 4. The lowest BCUT2D eigenvalue weighted by Gasteiger charge is -1.92. The highest BCUT2D eigenvalue weighted by Gasteiger charge is 1.89. The number of aryl methyl sites for hydroxylation is 1. The van der Waals surface area contributed by atoms with E-state index in [0.717, 1.165) is 5.69 Å². The minimum absolute atomic E-state index is 0.621. The largest absolute Gasteiger partial charge is 0.326 e. The van der Waals surface area contributed by atoms with E-state index in [1.54, 1.807) is 24.9 Å². The molecular weight excluding hydrogens is 188 g/mol. The summed E-state index contributed by atoms with van der Waals surface area (Å²) in [5, 5.41) is 0. The zero-order valence-electron chi connectivity index (χ0n) is 8.38. The van der Waals surface area contributed by atoms with E-state index in [-0.39, 0.29) is 0 Å². The minimum Gasteiger partial charge on any atom is -0.326 e. The quantitative estimate of drug-likeness (QED) is 0.643. The molecule has 4 heteroatoms. The Balaban J connectivity index is 2.06. The summed E-state index contributed by atoms with van der Waals surface area (Å²) in [6, 6.07) is 0. The number of imidazole rings is 1. The van der Waals surface area contributed by atoms with Crippen molar-refractivity contribution < 1.29 is 0 Å². The first-order valence-corrected chi connectivity index (χ1v) is 4.58. The molecule has 2 rings (SSSR count). The Hall–Kier alpha value is -2.15. The van der Waals surface area contributed by atoms with Gasteiger partial charge in [-0.2, -0.15) is 0 Å². The third kappa shape index (κ3) is 2.64. The maximum Gasteiger partial charge on any atom is 0.131 e. The van der Waals surface area contributed by atoms with Gasteiger partial charge >= 0.3 is 0 Å². The Bertz CT molecular complexity index is 491. The molecule has 0 bridgehead atoms. The molecule has 0 radical (unpaired) electrons. The van der Waals surface area contributed by atoms with Crippen LogP contribution in [0.1, 0.15) is 11.4 Å². The van der Waals surface area contributed by atoms with Crippen LogP contribution >= 0.6 is 0 Å². The van der Waals surface area contributed by atoms with Crippen molar-refractivity contribution >= 4 is 0 Å². The van der Waals surface area contributed by atoms with Gasteiger partial charge in [-0.3, -0.25) is 4.98 Å². The summed E-state index contributed by atoms with van der Waals surface area (Å²) in [6.07, 6.45) is 8.70. The van der Waals surface area contributed by atoms with Crippen molar-refractivity contribution in [3.05, 3.63) is 42.5 Å². The molecule has 0 unspecified atom stereocenters. The van der Waals surface area contributed by atoms with Crippen LogP contribution in [0.5, 0.6) is 0 Å². The van der Waals surface area contributed by atoms with E-state index in [0.29, 0.717) is 12.2 Å². The second kappa shape index (κ2) is 4.38. The predicted molar refractivity (Wildman–Crippen MR) is 55.9 cm³/mol. The third-order valence-corrected chi connectivity index (χ3v) is 1.79. The summed E-state index contributed by atoms with van der Waals surface area (Å²) in [6.45, 7) is 2.52. The van der Waals surface area contributed by atoms with Gasteiger partial charge in [0.15, 0.2) is 0 Å². The maximum atomic E-state index is 4.23. The lowest BCUT2D eigenvalue weighted by atomic mass is 10.4. The molecule has 0 spiro atoms. The Labute approximate surface area is 88.0 Å². The molecule has 0 aliphatic carbocycles. The van der Waals surface area contributed by atoms with Gasteiger partial charge in [0.25, 0.3) is 0 Å². The van der Waals surface area contributed by atoms with E-state index >= 15 is 0 Å². The van der Waals surface area contributed by atoms with Crippen LogP contribution < -0.4 is 0 Å². The molecule has 4 nitrogen and oxygen atoms in total. The number of hydrogen-bond donors (Lipinski definition) is 0. The van der Waals surface area contributed by atoms with Crippen LogP contribution in [0.2, 0.25) is 0 Å². The molecular formula is C11H10N4. The van der Waals surface area contributed by atoms with Gasteiger partial charge in [0, 0.05) is 18.6 Å². The highest BCUT2D eigenvalue weighted by Crippen LogP contribution is 1.92. The van der Waals surface area contributed by atoms with Gasteiger partial charge < -0.3 is 4.57 Å². The molecule has 74 valence electrons. The highest BCUT2D eigenvalue weighted by molar-refractivity contribution is 5.25. The van der Waals surface area contributed by atoms with Crippen molar-refractivity contribution in [2.45, 2.75) is 13.5 Å². The van der Waals surface area contributed by atoms with Gasteiger partial charge in [0.05, 0.1) is 24.8 Å². The fourth-order valence-corrected chi connectivity index (χ4v) is 1.13. The van der Waals surface area contributed by atoms with Crippen LogP contribution in [0.4, 0.5) is 0 Å². The first-order valence-electron chi connectivity index (χ1n) is 4.58. The summed E-state index contributed by atoms with van der Waals surface area (Å²) in [4.78, 5) is 12.2. The van der Waals surface area contributed by atoms with Crippen LogP contribution in [0.25, 0.3) is 0 Å². The SMILES string of the molecule is Cc1cncc(C#CCn2ccnc2)n1. The second-order valence-electron chi connectivity index (χ2n) is 3.08. The molecule has 0 saturated carbocycles. The van der Waals surface area contributed by atoms with Gasteiger partial charge in [-0.1, -0.05) is 5.92 Å². The molecule has 2 aromatic heterocycles. The van der Waals surface area contributed by atoms with E-state index in [1.165, 1.54) is 0 Å². The number of rotatable bonds is 1. The molecule has 0 amide bonds. The van der Waals surface area contributed by atoms with Crippen LogP contribution in [0, 0.1) is 18.8 Å². The second-order valence-corrected chi connectivity index (χ2v) is 3.08. The molecule has 0 aliphatic rings. The number of hydrogen-bond acceptors (Lipinski definition) is 3. The Morgan fingerprint density at radius 2 is 2.27 bits per heavy atom. The zero-order chi connectivity index (χ0) is 10.5. The van der Waals surface area contributed by atoms with Crippen molar-refractivity contribution in [2.24, 2.45) is 0 Å². The van der Waals surface area contributed by atoms with Gasteiger partial charge in [-0.15, -0.1) is 0 Å². The zero-order valence-corrected chi connectivity index (χ0v) is 8.38. The summed E-state index contributed by atoms with van der Waals surface area (Å²) in [5.74, 6) is 5.95. The maximum absolute atomic E-state index is 4.23. The highest BCUT2D eigenvalue weighted by atomic mass is 15.0. The first-order chi connectivity index (χ1) is 7.34. The smallest absolute Gasteiger partial charge is 0.131 e. The average Bonchev–Trinajstić information content (AvgIpc) is 2.71. The Morgan fingerprint density at radius 3 is 3.00 bits per heavy atom. The van der Waals surface area contributed by atoms with Crippen LogP contribution in [0.3, 0.4) is 0 Å². The molecule has 0 fully saturated rings. The van der Waals surface area contributed by atoms with Gasteiger partial charge in [0.1, 0.15) is 5.69 Å². The monoisotopic (exact) mass is 198 g/mol. The van der Waals surface area contributed by atoms with Crippen molar-refractivity contribution in [1.82, 2.24) is 19.5 Å². The van der Waals surface area contributed by atoms with Gasteiger partial charge in [0.2, 0.25) is 0 Å². The summed E-state index contributed by atoms with van der Waals surface area (Å²) >= 11 is 0. The molecule has 0 atom stereocenters. The van der Waals surface area contributed by atoms with Crippen LogP contribution in [-0.4, -0.2) is 19.5 Å². The third-order valence-electron chi connectivity index (χ3n) is 1.79. The first kappa shape index (κ1) is 9.41. The lowest BCUT2D eigenvalue weighted by molar-refractivity contribution is 0.839. The summed E-state index contributed by atoms with van der Waals surface area (Å²) in [7, 11) is 0. The summed E-state index contributed by atoms with van der Waals surface area (Å²) in [5.41, 5.74) is 1.58. The van der Waals surface area contributed by atoms with E-state index in [1.807, 2.05) is 17.7 Å². The van der Waals surface area contributed by atoms with Crippen molar-refractivity contribution in [3.63, 3.8) is 0 Å². The molecule has 15 heavy (non-hydrogen) atoms. The van der Waals surface area contributed by atoms with Crippen LogP contribution in [0.15, 0.2) is 31.1 Å². The number of nitrogens with zero attached hydrogens (tertiary/aromatic N) is 4. The molecule has 0 saturated heterocycles. The molecule has 0 aliphatic heterocycles. The van der Waals surface area contributed by atoms with E-state index in [4.69, 9.17) is 0 Å². The molecule has 2 heterocycles. The lowest BCUT2D eigenvalue weighted by Crippen LogP contribution is -1.92. The van der Waals surface area contributed by atoms with Crippen molar-refractivity contribution in [3.8, 4) is 11.8 Å². The summed E-state index contributed by atoms with van der Waals surface area (Å²) < 4.78 is 1.90. The molecule has 2 aromatic rings. The van der Waals surface area contributed by atoms with Crippen molar-refractivity contribution in [1.29, 1.82) is 0 Å². The Kier molecular flexibility index (Phi) is 2.75. The van der Waals surface area contributed by atoms with Crippen LogP contribution in [-0.2, 0) is 6.54 Å². The standard InChI is InChI=1S/C11H10N4/c1-10-7-13-8-11(14-10)3-2-5-15-6-4-12-9-15/h4,6-9H,5H2,1H3. The van der Waals surface area contributed by atoms with E-state index < -0.39 is 0 Å². The topological polar surface area (TPSA) is 43.6 Å².